The lowest BCUT2D eigenvalue weighted by atomic mass is 10.4. The summed E-state index contributed by atoms with van der Waals surface area (Å²) < 4.78 is 0. The average Bonchev–Trinajstić information content (AvgIpc) is 2.70. The van der Waals surface area contributed by atoms with Crippen molar-refractivity contribution in [2.24, 2.45) is 15.2 Å². The van der Waals surface area contributed by atoms with E-state index in [-0.39, 0.29) is 17.3 Å². The fraction of sp³-hybridized carbons (Fsp3) is 0. The summed E-state index contributed by atoms with van der Waals surface area (Å²) in [6.07, 6.45) is 1.12. The molecule has 1 aliphatic heterocycles. The number of hydrogen-bond acceptors (Lipinski definition) is 5. The summed E-state index contributed by atoms with van der Waals surface area (Å²) in [6.45, 7) is 0. The number of carbonyl (C=O) groups excluding carboxylic acids is 1. The number of imidazole rings is 1. The van der Waals surface area contributed by atoms with E-state index >= 15 is 0 Å². The van der Waals surface area contributed by atoms with E-state index in [4.69, 9.17) is 0 Å². The first-order valence-electron chi connectivity index (χ1n) is 3.41. The summed E-state index contributed by atoms with van der Waals surface area (Å²) >= 11 is 0. The molecular weight excluding hydrogens is 192 g/mol. The molecular formula is C5H2N6O3. The number of nitrogens with zero attached hydrogens (tertiary/aromatic N) is 5. The number of aromatic amines is 1. The summed E-state index contributed by atoms with van der Waals surface area (Å²) in [5.74, 6) is -0.514. The molecule has 0 bridgehead atoms. The topological polar surface area (TPSA) is 126 Å². The molecule has 1 N–H and O–H groups in total. The highest BCUT2D eigenvalue weighted by Crippen LogP contribution is 2.16. The van der Waals surface area contributed by atoms with E-state index < -0.39 is 11.0 Å². The van der Waals surface area contributed by atoms with E-state index in [1.54, 1.807) is 0 Å². The molecule has 2 rings (SSSR count). The predicted molar refractivity (Wildman–Crippen MR) is 42.0 cm³/mol. The van der Waals surface area contributed by atoms with Crippen molar-refractivity contribution in [3.05, 3.63) is 22.1 Å². The molecule has 0 spiro atoms. The number of carbonyl (C=O) groups is 1. The molecule has 2 amide bonds. The Morgan fingerprint density at radius 2 is 2.21 bits per heavy atom. The minimum absolute atomic E-state index is 0.0930. The molecule has 0 saturated heterocycles. The summed E-state index contributed by atoms with van der Waals surface area (Å²) in [7, 11) is 0. The molecule has 0 fully saturated rings. The van der Waals surface area contributed by atoms with Crippen LogP contribution in [0.5, 0.6) is 0 Å². The average molecular weight is 194 g/mol. The standard InChI is InChI=1S/C5H2N6O3/c12-5-8-3(9-10-5)2-4(11(13)14)7-1-6-2/h1H,(H,6,7). The van der Waals surface area contributed by atoms with Gasteiger partial charge in [-0.15, -0.1) is 5.11 Å². The van der Waals surface area contributed by atoms with Crippen molar-refractivity contribution in [3.63, 3.8) is 0 Å². The third kappa shape index (κ3) is 1.16. The van der Waals surface area contributed by atoms with Gasteiger partial charge in [0.15, 0.2) is 6.33 Å². The molecule has 70 valence electrons. The molecule has 9 heteroatoms. The SMILES string of the molecule is O=C1N=NC(c2nc[nH]c2[N+](=O)[O-])=N1. The molecule has 1 aromatic rings. The Labute approximate surface area is 75.7 Å². The normalized spacial score (nSPS) is 14.6. The van der Waals surface area contributed by atoms with Gasteiger partial charge in [-0.05, 0) is 4.92 Å². The maximum absolute atomic E-state index is 10.6. The van der Waals surface area contributed by atoms with E-state index in [9.17, 15) is 14.9 Å². The van der Waals surface area contributed by atoms with Gasteiger partial charge >= 0.3 is 11.8 Å². The number of amidine groups is 1. The van der Waals surface area contributed by atoms with E-state index in [1.807, 2.05) is 0 Å². The van der Waals surface area contributed by atoms with E-state index in [0.717, 1.165) is 6.33 Å². The number of hydrogen-bond donors (Lipinski definition) is 1. The van der Waals surface area contributed by atoms with Gasteiger partial charge in [-0.3, -0.25) is 0 Å². The third-order valence-corrected chi connectivity index (χ3v) is 1.45. The zero-order valence-electron chi connectivity index (χ0n) is 6.54. The molecule has 0 atom stereocenters. The van der Waals surface area contributed by atoms with Crippen LogP contribution in [-0.4, -0.2) is 26.8 Å². The number of amides is 2. The van der Waals surface area contributed by atoms with Crippen LogP contribution in [0, 0.1) is 10.1 Å². The monoisotopic (exact) mass is 194 g/mol. The highest BCUT2D eigenvalue weighted by Gasteiger charge is 2.24. The molecule has 1 aromatic heterocycles. The van der Waals surface area contributed by atoms with Gasteiger partial charge in [0.2, 0.25) is 11.5 Å². The molecule has 2 heterocycles. The first kappa shape index (κ1) is 8.16. The zero-order valence-corrected chi connectivity index (χ0v) is 6.54. The van der Waals surface area contributed by atoms with E-state index in [0.29, 0.717) is 0 Å². The molecule has 0 unspecified atom stereocenters. The van der Waals surface area contributed by atoms with Crippen molar-refractivity contribution < 1.29 is 9.72 Å². The van der Waals surface area contributed by atoms with Crippen LogP contribution in [0.1, 0.15) is 5.69 Å². The van der Waals surface area contributed by atoms with Crippen molar-refractivity contribution in [1.29, 1.82) is 0 Å². The van der Waals surface area contributed by atoms with Crippen LogP contribution < -0.4 is 0 Å². The molecule has 14 heavy (non-hydrogen) atoms. The van der Waals surface area contributed by atoms with Gasteiger partial charge in [0, 0.05) is 0 Å². The molecule has 9 nitrogen and oxygen atoms in total. The van der Waals surface area contributed by atoms with Crippen LogP contribution in [0.25, 0.3) is 0 Å². The van der Waals surface area contributed by atoms with Gasteiger partial charge in [-0.1, -0.05) is 5.11 Å². The number of H-pyrrole nitrogens is 1. The summed E-state index contributed by atoms with van der Waals surface area (Å²) in [5.41, 5.74) is -0.0930. The Bertz CT molecular complexity index is 472. The lowest BCUT2D eigenvalue weighted by Gasteiger charge is -1.91. The predicted octanol–water partition coefficient (Wildman–Crippen LogP) is 0.650. The second kappa shape index (κ2) is 2.80. The number of aliphatic imine (C=N–C) groups is 1. The maximum atomic E-state index is 10.6. The number of urea groups is 1. The summed E-state index contributed by atoms with van der Waals surface area (Å²) in [4.78, 5) is 29.6. The Morgan fingerprint density at radius 1 is 1.43 bits per heavy atom. The van der Waals surface area contributed by atoms with Crippen LogP contribution in [-0.2, 0) is 0 Å². The second-order valence-corrected chi connectivity index (χ2v) is 2.27. The molecule has 0 aliphatic carbocycles. The van der Waals surface area contributed by atoms with Gasteiger partial charge in [-0.25, -0.2) is 14.8 Å². The maximum Gasteiger partial charge on any atom is 0.387 e. The fourth-order valence-electron chi connectivity index (χ4n) is 0.916. The molecule has 0 saturated carbocycles. The van der Waals surface area contributed by atoms with Crippen LogP contribution in [0.3, 0.4) is 0 Å². The Kier molecular flexibility index (Phi) is 1.63. The first-order valence-corrected chi connectivity index (χ1v) is 3.41. The van der Waals surface area contributed by atoms with Crippen molar-refractivity contribution in [2.45, 2.75) is 0 Å². The largest absolute Gasteiger partial charge is 0.387 e. The van der Waals surface area contributed by atoms with Crippen LogP contribution in [0.15, 0.2) is 21.5 Å². The van der Waals surface area contributed by atoms with Crippen molar-refractivity contribution in [1.82, 2.24) is 9.97 Å². The van der Waals surface area contributed by atoms with Gasteiger partial charge in [0.25, 0.3) is 0 Å². The number of azo groups is 1. The van der Waals surface area contributed by atoms with Gasteiger partial charge in [-0.2, -0.15) is 4.99 Å². The fourth-order valence-corrected chi connectivity index (χ4v) is 0.916. The minimum atomic E-state index is -0.794. The second-order valence-electron chi connectivity index (χ2n) is 2.27. The quantitative estimate of drug-likeness (QED) is 0.547. The smallest absolute Gasteiger partial charge is 0.358 e. The van der Waals surface area contributed by atoms with E-state index in [1.165, 1.54) is 0 Å². The van der Waals surface area contributed by atoms with Crippen molar-refractivity contribution in [3.8, 4) is 0 Å². The first-order chi connectivity index (χ1) is 6.68. The Balaban J connectivity index is 2.47. The minimum Gasteiger partial charge on any atom is -0.358 e. The van der Waals surface area contributed by atoms with Crippen LogP contribution in [0.4, 0.5) is 10.6 Å². The van der Waals surface area contributed by atoms with Gasteiger partial charge in [0.1, 0.15) is 0 Å². The molecule has 1 aliphatic rings. The number of nitro groups is 1. The number of aromatic nitrogens is 2. The van der Waals surface area contributed by atoms with Crippen molar-refractivity contribution in [2.75, 3.05) is 0 Å². The summed E-state index contributed by atoms with van der Waals surface area (Å²) in [5, 5.41) is 16.9. The van der Waals surface area contributed by atoms with Crippen LogP contribution >= 0.6 is 0 Å². The Hall–Kier alpha value is -2.45. The van der Waals surface area contributed by atoms with E-state index in [2.05, 4.69) is 25.2 Å². The van der Waals surface area contributed by atoms with Gasteiger partial charge in [0.05, 0.1) is 0 Å². The number of nitrogens with one attached hydrogen (secondary N) is 1. The van der Waals surface area contributed by atoms with Crippen LogP contribution in [0.2, 0.25) is 0 Å². The number of rotatable bonds is 2. The lowest BCUT2D eigenvalue weighted by molar-refractivity contribution is -0.389. The van der Waals surface area contributed by atoms with Gasteiger partial charge < -0.3 is 10.1 Å². The Morgan fingerprint density at radius 3 is 2.79 bits per heavy atom. The van der Waals surface area contributed by atoms with Crippen molar-refractivity contribution >= 4 is 17.7 Å². The molecule has 0 radical (unpaired) electrons. The highest BCUT2D eigenvalue weighted by atomic mass is 16.6. The summed E-state index contributed by atoms with van der Waals surface area (Å²) in [6, 6.07) is -0.794. The molecule has 0 aromatic carbocycles. The highest BCUT2D eigenvalue weighted by molar-refractivity contribution is 6.08. The zero-order chi connectivity index (χ0) is 10.1. The third-order valence-electron chi connectivity index (χ3n) is 1.45. The lowest BCUT2D eigenvalue weighted by Crippen LogP contribution is -2.00.